The van der Waals surface area contributed by atoms with E-state index in [1.165, 1.54) is 24.3 Å². The molecule has 0 spiro atoms. The quantitative estimate of drug-likeness (QED) is 0.153. The number of carbonyl (C=O) groups is 2. The van der Waals surface area contributed by atoms with Crippen LogP contribution in [-0.4, -0.2) is 49.4 Å². The molecule has 5 aromatic rings. The molecule has 0 radical (unpaired) electrons. The van der Waals surface area contributed by atoms with Gasteiger partial charge in [0, 0.05) is 24.2 Å². The van der Waals surface area contributed by atoms with Gasteiger partial charge < -0.3 is 11.1 Å². The molecule has 0 atom stereocenters. The number of hydrogen-bond acceptors (Lipinski definition) is 7. The molecule has 14 heteroatoms. The fraction of sp³-hybridized carbons (Fsp3) is 0.229. The minimum atomic E-state index is -4.02. The second-order valence-corrected chi connectivity index (χ2v) is 14.6. The van der Waals surface area contributed by atoms with E-state index in [9.17, 15) is 26.4 Å². The van der Waals surface area contributed by atoms with Gasteiger partial charge in [0.25, 0.3) is 20.1 Å². The predicted molar refractivity (Wildman–Crippen MR) is 188 cm³/mol. The highest BCUT2D eigenvalue weighted by molar-refractivity contribution is 7.90. The number of benzene rings is 4. The molecule has 258 valence electrons. The summed E-state index contributed by atoms with van der Waals surface area (Å²) in [7, 11) is -7.96. The summed E-state index contributed by atoms with van der Waals surface area (Å²) >= 11 is 0. The molecular formula is C35H39N5O7S2. The van der Waals surface area contributed by atoms with Crippen molar-refractivity contribution < 1.29 is 31.0 Å². The summed E-state index contributed by atoms with van der Waals surface area (Å²) in [4.78, 5) is 28.9. The summed E-state index contributed by atoms with van der Waals surface area (Å²) < 4.78 is 58.4. The summed E-state index contributed by atoms with van der Waals surface area (Å²) in [6, 6.07) is 21.3. The molecule has 0 fully saturated rings. The summed E-state index contributed by atoms with van der Waals surface area (Å²) in [6.45, 7) is 9.72. The topological polar surface area (TPSA) is 191 Å². The molecule has 49 heavy (non-hydrogen) atoms. The summed E-state index contributed by atoms with van der Waals surface area (Å²) in [5, 5.41) is 2.60. The standard InChI is InChI=1S/C28H31N5O4S.C7H8O3S/c1-5-24-31-26-19(4)25(27(29)34)18(3)16-23(26)33(24)21-10-8-20(9-11-21)14-15-30-28(35)32-38(36,37)22-12-6-17(2)7-13-22;1-6-2-4-7(5-3-6)11(8,9)10/h6-13,16H,5,14-15H2,1-4H3,(H2,29,34)(H2,30,32,35);2-5H,1H3,(H,8,9,10). The predicted octanol–water partition coefficient (Wildman–Crippen LogP) is 5.08. The van der Waals surface area contributed by atoms with Crippen molar-refractivity contribution in [3.05, 3.63) is 118 Å². The molecule has 12 nitrogen and oxygen atoms in total. The Labute approximate surface area is 286 Å². The van der Waals surface area contributed by atoms with E-state index in [4.69, 9.17) is 15.3 Å². The smallest absolute Gasteiger partial charge is 0.328 e. The zero-order valence-corrected chi connectivity index (χ0v) is 29.4. The Kier molecular flexibility index (Phi) is 11.3. The third kappa shape index (κ3) is 8.90. The van der Waals surface area contributed by atoms with Gasteiger partial charge in [0.05, 0.1) is 20.8 Å². The Morgan fingerprint density at radius 2 is 1.39 bits per heavy atom. The van der Waals surface area contributed by atoms with Gasteiger partial charge in [-0.15, -0.1) is 0 Å². The largest absolute Gasteiger partial charge is 0.366 e. The van der Waals surface area contributed by atoms with Crippen molar-refractivity contribution in [2.75, 3.05) is 6.54 Å². The van der Waals surface area contributed by atoms with Crippen molar-refractivity contribution in [2.24, 2.45) is 5.73 Å². The van der Waals surface area contributed by atoms with Crippen molar-refractivity contribution in [2.45, 2.75) is 57.3 Å². The van der Waals surface area contributed by atoms with E-state index in [0.29, 0.717) is 18.4 Å². The molecule has 5 N–H and O–H groups in total. The summed E-state index contributed by atoms with van der Waals surface area (Å²) in [6.07, 6.45) is 1.22. The lowest BCUT2D eigenvalue weighted by molar-refractivity contribution is 0.0999. The molecule has 1 aromatic heterocycles. The number of imidazole rings is 1. The second-order valence-electron chi connectivity index (χ2n) is 11.5. The fourth-order valence-electron chi connectivity index (χ4n) is 5.26. The number of urea groups is 1. The summed E-state index contributed by atoms with van der Waals surface area (Å²) in [5.41, 5.74) is 13.1. The van der Waals surface area contributed by atoms with E-state index < -0.39 is 32.1 Å². The van der Waals surface area contributed by atoms with Gasteiger partial charge in [-0.1, -0.05) is 54.4 Å². The number of sulfonamides is 1. The van der Waals surface area contributed by atoms with Gasteiger partial charge in [0.2, 0.25) is 5.91 Å². The van der Waals surface area contributed by atoms with Crippen LogP contribution in [0.5, 0.6) is 0 Å². The van der Waals surface area contributed by atoms with Gasteiger partial charge in [0.1, 0.15) is 5.82 Å². The molecule has 4 aromatic carbocycles. The van der Waals surface area contributed by atoms with Crippen molar-refractivity contribution >= 4 is 43.1 Å². The van der Waals surface area contributed by atoms with Crippen LogP contribution in [0.3, 0.4) is 0 Å². The van der Waals surface area contributed by atoms with Crippen LogP contribution < -0.4 is 15.8 Å². The monoisotopic (exact) mass is 705 g/mol. The van der Waals surface area contributed by atoms with Gasteiger partial charge in [-0.2, -0.15) is 8.42 Å². The SMILES string of the molecule is CCc1nc2c(C)c(C(N)=O)c(C)cc2n1-c1ccc(CCNC(=O)NS(=O)(=O)c2ccc(C)cc2)cc1.Cc1ccc(S(=O)(=O)O)cc1. The van der Waals surface area contributed by atoms with E-state index in [0.717, 1.165) is 50.4 Å². The Balaban J connectivity index is 0.000000418. The average molecular weight is 706 g/mol. The minimum Gasteiger partial charge on any atom is -0.366 e. The molecule has 0 aliphatic heterocycles. The molecule has 0 aliphatic carbocycles. The summed E-state index contributed by atoms with van der Waals surface area (Å²) in [5.74, 6) is 0.402. The number of rotatable bonds is 9. The normalized spacial score (nSPS) is 11.5. The van der Waals surface area contributed by atoms with Gasteiger partial charge in [-0.25, -0.2) is 22.9 Å². The number of aryl methyl sites for hydroxylation is 5. The van der Waals surface area contributed by atoms with Crippen LogP contribution in [0.25, 0.3) is 16.7 Å². The highest BCUT2D eigenvalue weighted by Crippen LogP contribution is 2.29. The first kappa shape index (κ1) is 36.8. The highest BCUT2D eigenvalue weighted by Gasteiger charge is 2.20. The van der Waals surface area contributed by atoms with Crippen LogP contribution in [0.15, 0.2) is 88.7 Å². The molecule has 0 bridgehead atoms. The molecule has 0 aliphatic rings. The van der Waals surface area contributed by atoms with Crippen molar-refractivity contribution in [3.63, 3.8) is 0 Å². The molecule has 0 saturated carbocycles. The number of nitrogens with zero attached hydrogens (tertiary/aromatic N) is 2. The van der Waals surface area contributed by atoms with Crippen LogP contribution in [0.2, 0.25) is 0 Å². The molecule has 5 rings (SSSR count). The molecule has 1 heterocycles. The molecule has 0 saturated heterocycles. The van der Waals surface area contributed by atoms with Crippen molar-refractivity contribution in [1.29, 1.82) is 0 Å². The lowest BCUT2D eigenvalue weighted by Gasteiger charge is -2.12. The fourth-order valence-corrected chi connectivity index (χ4v) is 6.67. The van der Waals surface area contributed by atoms with Gasteiger partial charge in [-0.3, -0.25) is 13.9 Å². The van der Waals surface area contributed by atoms with Crippen molar-refractivity contribution in [1.82, 2.24) is 19.6 Å². The van der Waals surface area contributed by atoms with Crippen LogP contribution in [0, 0.1) is 27.7 Å². The second kappa shape index (κ2) is 15.0. The average Bonchev–Trinajstić information content (AvgIpc) is 3.40. The highest BCUT2D eigenvalue weighted by atomic mass is 32.2. The van der Waals surface area contributed by atoms with Crippen LogP contribution >= 0.6 is 0 Å². The third-order valence-corrected chi connectivity index (χ3v) is 10.0. The lowest BCUT2D eigenvalue weighted by atomic mass is 10.0. The van der Waals surface area contributed by atoms with E-state index in [1.807, 2.05) is 69.7 Å². The van der Waals surface area contributed by atoms with Crippen LogP contribution in [0.4, 0.5) is 4.79 Å². The lowest BCUT2D eigenvalue weighted by Crippen LogP contribution is -2.40. The first-order valence-electron chi connectivity index (χ1n) is 15.3. The number of hydrogen-bond donors (Lipinski definition) is 4. The number of primary amides is 1. The van der Waals surface area contributed by atoms with E-state index in [-0.39, 0.29) is 16.3 Å². The molecule has 3 amide bonds. The van der Waals surface area contributed by atoms with Gasteiger partial charge in [0.15, 0.2) is 0 Å². The van der Waals surface area contributed by atoms with E-state index >= 15 is 0 Å². The number of amides is 3. The maximum atomic E-state index is 12.4. The first-order valence-corrected chi connectivity index (χ1v) is 18.3. The number of fused-ring (bicyclic) bond motifs is 1. The van der Waals surface area contributed by atoms with Gasteiger partial charge >= 0.3 is 6.03 Å². The first-order chi connectivity index (χ1) is 23.0. The van der Waals surface area contributed by atoms with Crippen LogP contribution in [0.1, 0.15) is 50.9 Å². The molecule has 0 unspecified atom stereocenters. The Morgan fingerprint density at radius 1 is 0.837 bits per heavy atom. The number of carbonyl (C=O) groups excluding carboxylic acids is 2. The minimum absolute atomic E-state index is 0.0311. The Bertz CT molecular complexity index is 2210. The van der Waals surface area contributed by atoms with E-state index in [1.54, 1.807) is 24.3 Å². The third-order valence-electron chi connectivity index (χ3n) is 7.79. The Hall–Kier alpha value is -5.05. The maximum absolute atomic E-state index is 12.4. The van der Waals surface area contributed by atoms with Crippen molar-refractivity contribution in [3.8, 4) is 5.69 Å². The number of aromatic nitrogens is 2. The zero-order chi connectivity index (χ0) is 36.1. The number of nitrogens with one attached hydrogen (secondary N) is 2. The maximum Gasteiger partial charge on any atom is 0.328 e. The Morgan fingerprint density at radius 3 is 1.90 bits per heavy atom. The molecular weight excluding hydrogens is 667 g/mol. The zero-order valence-electron chi connectivity index (χ0n) is 27.8. The van der Waals surface area contributed by atoms with E-state index in [2.05, 4.69) is 9.88 Å². The van der Waals surface area contributed by atoms with Gasteiger partial charge in [-0.05, 0) is 93.3 Å². The number of nitrogens with two attached hydrogens (primary N) is 1. The van der Waals surface area contributed by atoms with Crippen LogP contribution in [-0.2, 0) is 33.0 Å².